The van der Waals surface area contributed by atoms with Crippen LogP contribution in [0.5, 0.6) is 0 Å². The highest BCUT2D eigenvalue weighted by Gasteiger charge is 2.43. The first-order valence-electron chi connectivity index (χ1n) is 7.72. The topological polar surface area (TPSA) is 44.4 Å². The van der Waals surface area contributed by atoms with Gasteiger partial charge in [-0.25, -0.2) is 0 Å². The average Bonchev–Trinajstić information content (AvgIpc) is 2.88. The number of nitrogens with zero attached hydrogens (tertiary/aromatic N) is 1. The molecule has 4 nitrogen and oxygen atoms in total. The SMILES string of the molecule is CCc1cc(C(=O)NCC(N2CCNCC2)C(F)(F)F)sc1C. The first-order chi connectivity index (χ1) is 10.8. The largest absolute Gasteiger partial charge is 0.405 e. The lowest BCUT2D eigenvalue weighted by molar-refractivity contribution is -0.183. The molecule has 1 aliphatic heterocycles. The molecule has 23 heavy (non-hydrogen) atoms. The number of nitrogens with one attached hydrogen (secondary N) is 2. The lowest BCUT2D eigenvalue weighted by atomic mass is 10.2. The van der Waals surface area contributed by atoms with Crippen molar-refractivity contribution in [3.8, 4) is 0 Å². The van der Waals surface area contributed by atoms with Crippen molar-refractivity contribution in [2.45, 2.75) is 32.5 Å². The minimum atomic E-state index is -4.36. The number of amides is 1. The number of aryl methyl sites for hydroxylation is 2. The number of thiophene rings is 1. The van der Waals surface area contributed by atoms with Gasteiger partial charge in [0.05, 0.1) is 4.88 Å². The average molecular weight is 349 g/mol. The number of piperazine rings is 1. The molecule has 2 rings (SSSR count). The van der Waals surface area contributed by atoms with E-state index in [1.54, 1.807) is 6.07 Å². The predicted molar refractivity (Wildman–Crippen MR) is 85.1 cm³/mol. The Hall–Kier alpha value is -1.12. The summed E-state index contributed by atoms with van der Waals surface area (Å²) >= 11 is 1.32. The summed E-state index contributed by atoms with van der Waals surface area (Å²) in [4.78, 5) is 15.0. The summed E-state index contributed by atoms with van der Waals surface area (Å²) < 4.78 is 39.8. The van der Waals surface area contributed by atoms with Gasteiger partial charge in [0.15, 0.2) is 0 Å². The van der Waals surface area contributed by atoms with Crippen molar-refractivity contribution >= 4 is 17.2 Å². The standard InChI is InChI=1S/C15H22F3N3OS/c1-3-11-8-12(23-10(11)2)14(22)20-9-13(15(16,17)18)21-6-4-19-5-7-21/h8,13,19H,3-7,9H2,1-2H3,(H,20,22). The maximum Gasteiger partial charge on any atom is 0.405 e. The molecule has 0 bridgehead atoms. The second-order valence-electron chi connectivity index (χ2n) is 5.60. The number of hydrogen-bond donors (Lipinski definition) is 2. The molecule has 1 saturated heterocycles. The summed E-state index contributed by atoms with van der Waals surface area (Å²) in [7, 11) is 0. The van der Waals surface area contributed by atoms with Crippen molar-refractivity contribution in [1.82, 2.24) is 15.5 Å². The Kier molecular flexibility index (Phi) is 6.05. The summed E-state index contributed by atoms with van der Waals surface area (Å²) in [5.74, 6) is -0.429. The molecule has 0 aliphatic carbocycles. The number of hydrogen-bond acceptors (Lipinski definition) is 4. The van der Waals surface area contributed by atoms with Gasteiger partial charge >= 0.3 is 6.18 Å². The number of halogens is 3. The van der Waals surface area contributed by atoms with E-state index in [1.807, 2.05) is 13.8 Å². The molecule has 1 fully saturated rings. The number of carbonyl (C=O) groups is 1. The highest BCUT2D eigenvalue weighted by Crippen LogP contribution is 2.25. The Morgan fingerprint density at radius 1 is 1.43 bits per heavy atom. The Morgan fingerprint density at radius 3 is 2.61 bits per heavy atom. The molecular formula is C15H22F3N3OS. The fraction of sp³-hybridized carbons (Fsp3) is 0.667. The van der Waals surface area contributed by atoms with Crippen LogP contribution in [0.2, 0.25) is 0 Å². The summed E-state index contributed by atoms with van der Waals surface area (Å²) in [5.41, 5.74) is 1.06. The van der Waals surface area contributed by atoms with Crippen LogP contribution in [0.25, 0.3) is 0 Å². The predicted octanol–water partition coefficient (Wildman–Crippen LogP) is 2.18. The van der Waals surface area contributed by atoms with Gasteiger partial charge < -0.3 is 10.6 Å². The van der Waals surface area contributed by atoms with Gasteiger partial charge in [-0.3, -0.25) is 9.69 Å². The molecule has 2 N–H and O–H groups in total. The lowest BCUT2D eigenvalue weighted by Gasteiger charge is -2.35. The zero-order chi connectivity index (χ0) is 17.0. The van der Waals surface area contributed by atoms with Crippen LogP contribution in [0, 0.1) is 6.92 Å². The van der Waals surface area contributed by atoms with E-state index >= 15 is 0 Å². The Bertz CT molecular complexity index is 539. The summed E-state index contributed by atoms with van der Waals surface area (Å²) in [6.07, 6.45) is -3.55. The molecule has 1 aliphatic rings. The van der Waals surface area contributed by atoms with Gasteiger partial charge in [-0.1, -0.05) is 6.92 Å². The summed E-state index contributed by atoms with van der Waals surface area (Å²) in [6, 6.07) is 0.128. The molecule has 1 amide bonds. The van der Waals surface area contributed by atoms with Gasteiger partial charge in [0, 0.05) is 37.6 Å². The van der Waals surface area contributed by atoms with Crippen LogP contribution in [-0.4, -0.2) is 55.7 Å². The zero-order valence-electron chi connectivity index (χ0n) is 13.3. The smallest absolute Gasteiger partial charge is 0.349 e. The van der Waals surface area contributed by atoms with E-state index in [-0.39, 0.29) is 0 Å². The maximum absolute atomic E-state index is 13.3. The fourth-order valence-electron chi connectivity index (χ4n) is 2.70. The third kappa shape index (κ3) is 4.68. The molecule has 1 unspecified atom stereocenters. The Morgan fingerprint density at radius 2 is 2.09 bits per heavy atom. The minimum absolute atomic E-state index is 0.331. The molecule has 0 aromatic carbocycles. The molecule has 0 spiro atoms. The van der Waals surface area contributed by atoms with Crippen molar-refractivity contribution in [3.63, 3.8) is 0 Å². The van der Waals surface area contributed by atoms with Gasteiger partial charge in [-0.2, -0.15) is 13.2 Å². The van der Waals surface area contributed by atoms with Crippen LogP contribution in [0.4, 0.5) is 13.2 Å². The maximum atomic E-state index is 13.3. The van der Waals surface area contributed by atoms with Crippen LogP contribution in [0.1, 0.15) is 27.0 Å². The van der Waals surface area contributed by atoms with Gasteiger partial charge in [0.25, 0.3) is 5.91 Å². The van der Waals surface area contributed by atoms with E-state index in [2.05, 4.69) is 10.6 Å². The molecule has 0 radical (unpaired) electrons. The van der Waals surface area contributed by atoms with E-state index < -0.39 is 24.7 Å². The van der Waals surface area contributed by atoms with Crippen LogP contribution < -0.4 is 10.6 Å². The van der Waals surface area contributed by atoms with E-state index in [4.69, 9.17) is 0 Å². The molecule has 2 heterocycles. The van der Waals surface area contributed by atoms with Gasteiger partial charge in [0.1, 0.15) is 6.04 Å². The Balaban J connectivity index is 2.00. The van der Waals surface area contributed by atoms with Crippen LogP contribution >= 0.6 is 11.3 Å². The second kappa shape index (κ2) is 7.63. The van der Waals surface area contributed by atoms with E-state index in [9.17, 15) is 18.0 Å². The van der Waals surface area contributed by atoms with Crippen molar-refractivity contribution in [2.24, 2.45) is 0 Å². The molecule has 0 saturated carbocycles. The molecule has 130 valence electrons. The Labute approximate surface area is 138 Å². The number of rotatable bonds is 5. The normalized spacial score (nSPS) is 18.0. The molecular weight excluding hydrogens is 327 g/mol. The summed E-state index contributed by atoms with van der Waals surface area (Å²) in [5, 5.41) is 5.49. The first kappa shape index (κ1) is 18.2. The summed E-state index contributed by atoms with van der Waals surface area (Å²) in [6.45, 7) is 5.21. The van der Waals surface area contributed by atoms with Crippen molar-refractivity contribution in [3.05, 3.63) is 21.4 Å². The van der Waals surface area contributed by atoms with E-state index in [0.29, 0.717) is 31.1 Å². The van der Waals surface area contributed by atoms with E-state index in [1.165, 1.54) is 16.2 Å². The highest BCUT2D eigenvalue weighted by atomic mass is 32.1. The van der Waals surface area contributed by atoms with Crippen molar-refractivity contribution in [1.29, 1.82) is 0 Å². The lowest BCUT2D eigenvalue weighted by Crippen LogP contribution is -2.57. The number of alkyl halides is 3. The minimum Gasteiger partial charge on any atom is -0.349 e. The third-order valence-corrected chi connectivity index (χ3v) is 5.14. The highest BCUT2D eigenvalue weighted by molar-refractivity contribution is 7.14. The monoisotopic (exact) mass is 349 g/mol. The third-order valence-electron chi connectivity index (χ3n) is 4.05. The van der Waals surface area contributed by atoms with Crippen LogP contribution in [-0.2, 0) is 6.42 Å². The quantitative estimate of drug-likeness (QED) is 0.856. The van der Waals surface area contributed by atoms with Gasteiger partial charge in [-0.15, -0.1) is 11.3 Å². The zero-order valence-corrected chi connectivity index (χ0v) is 14.1. The first-order valence-corrected chi connectivity index (χ1v) is 8.53. The fourth-order valence-corrected chi connectivity index (χ4v) is 3.74. The molecule has 1 aromatic heterocycles. The van der Waals surface area contributed by atoms with Gasteiger partial charge in [-0.05, 0) is 25.0 Å². The second-order valence-corrected chi connectivity index (χ2v) is 6.86. The molecule has 1 atom stereocenters. The van der Waals surface area contributed by atoms with Crippen molar-refractivity contribution in [2.75, 3.05) is 32.7 Å². The molecule has 8 heteroatoms. The van der Waals surface area contributed by atoms with Gasteiger partial charge in [0.2, 0.25) is 0 Å². The van der Waals surface area contributed by atoms with Crippen LogP contribution in [0.3, 0.4) is 0 Å². The van der Waals surface area contributed by atoms with Crippen LogP contribution in [0.15, 0.2) is 6.07 Å². The number of carbonyl (C=O) groups excluding carboxylic acids is 1. The molecule has 1 aromatic rings. The van der Waals surface area contributed by atoms with E-state index in [0.717, 1.165) is 16.9 Å². The van der Waals surface area contributed by atoms with Crippen molar-refractivity contribution < 1.29 is 18.0 Å².